The number of hydrogen-bond acceptors (Lipinski definition) is 2. The molecule has 0 spiro atoms. The lowest BCUT2D eigenvalue weighted by Gasteiger charge is -2.51. The van der Waals surface area contributed by atoms with Gasteiger partial charge in [-0.05, 0) is 49.5 Å². The Hall–Kier alpha value is -1.35. The third-order valence-corrected chi connectivity index (χ3v) is 5.38. The van der Waals surface area contributed by atoms with E-state index < -0.39 is 11.4 Å². The molecule has 0 aliphatic heterocycles. The van der Waals surface area contributed by atoms with Gasteiger partial charge >= 0.3 is 5.97 Å². The lowest BCUT2D eigenvalue weighted by atomic mass is 9.54. The van der Waals surface area contributed by atoms with Crippen molar-refractivity contribution in [2.45, 2.75) is 45.1 Å². The van der Waals surface area contributed by atoms with Crippen LogP contribution in [0.1, 0.15) is 44.1 Å². The highest BCUT2D eigenvalue weighted by Crippen LogP contribution is 2.57. The minimum Gasteiger partial charge on any atom is -0.481 e. The lowest BCUT2D eigenvalue weighted by molar-refractivity contribution is -0.161. The highest BCUT2D eigenvalue weighted by molar-refractivity contribution is 5.75. The molecule has 2 bridgehead atoms. The van der Waals surface area contributed by atoms with Gasteiger partial charge in [0.25, 0.3) is 0 Å². The van der Waals surface area contributed by atoms with E-state index in [2.05, 4.69) is 12.1 Å². The normalized spacial score (nSPS) is 32.2. The maximum Gasteiger partial charge on any atom is 0.309 e. The minimum atomic E-state index is -0.587. The highest BCUT2D eigenvalue weighted by atomic mass is 16.5. The fourth-order valence-electron chi connectivity index (χ4n) is 3.76. The Labute approximate surface area is 120 Å². The topological polar surface area (TPSA) is 46.5 Å². The van der Waals surface area contributed by atoms with Crippen LogP contribution in [-0.2, 0) is 16.1 Å². The second kappa shape index (κ2) is 5.21. The summed E-state index contributed by atoms with van der Waals surface area (Å²) in [5, 5.41) is 9.39. The average Bonchev–Trinajstić information content (AvgIpc) is 2.50. The summed E-state index contributed by atoms with van der Waals surface area (Å²) >= 11 is 0. The lowest BCUT2D eigenvalue weighted by Crippen LogP contribution is -2.47. The molecule has 4 rings (SSSR count). The molecule has 1 aromatic carbocycles. The number of carbonyl (C=O) groups is 1. The zero-order valence-electron chi connectivity index (χ0n) is 11.8. The van der Waals surface area contributed by atoms with Crippen molar-refractivity contribution in [2.24, 2.45) is 10.8 Å². The molecule has 0 heterocycles. The van der Waals surface area contributed by atoms with Crippen molar-refractivity contribution in [3.05, 3.63) is 35.9 Å². The smallest absolute Gasteiger partial charge is 0.309 e. The van der Waals surface area contributed by atoms with Crippen LogP contribution >= 0.6 is 0 Å². The summed E-state index contributed by atoms with van der Waals surface area (Å²) in [6.07, 6.45) is 5.52. The van der Waals surface area contributed by atoms with E-state index in [0.29, 0.717) is 6.61 Å². The standard InChI is InChI=1S/C17H22O3/c18-15(19)17-9-6-16(7-10-17,8-11-17)13-20-12-14-4-2-1-3-5-14/h1-5H,6-13H2,(H,18,19). The molecular formula is C17H22O3. The van der Waals surface area contributed by atoms with Gasteiger partial charge in [0, 0.05) is 0 Å². The third kappa shape index (κ3) is 2.47. The molecule has 3 nitrogen and oxygen atoms in total. The summed E-state index contributed by atoms with van der Waals surface area (Å²) in [6.45, 7) is 1.43. The molecule has 0 amide bonds. The predicted molar refractivity (Wildman–Crippen MR) is 76.3 cm³/mol. The van der Waals surface area contributed by atoms with Gasteiger partial charge < -0.3 is 9.84 Å². The number of rotatable bonds is 5. The van der Waals surface area contributed by atoms with Crippen LogP contribution in [0.4, 0.5) is 0 Å². The molecule has 3 heteroatoms. The molecule has 0 saturated heterocycles. The van der Waals surface area contributed by atoms with Gasteiger partial charge in [-0.25, -0.2) is 0 Å². The molecule has 3 aliphatic carbocycles. The van der Waals surface area contributed by atoms with Gasteiger partial charge in [0.2, 0.25) is 0 Å². The van der Waals surface area contributed by atoms with Crippen molar-refractivity contribution in [2.75, 3.05) is 6.61 Å². The molecule has 3 aliphatic rings. The van der Waals surface area contributed by atoms with Crippen LogP contribution < -0.4 is 0 Å². The summed E-state index contributed by atoms with van der Waals surface area (Å²) in [5.41, 5.74) is 1.03. The molecule has 108 valence electrons. The van der Waals surface area contributed by atoms with Crippen molar-refractivity contribution in [1.29, 1.82) is 0 Å². The van der Waals surface area contributed by atoms with E-state index in [9.17, 15) is 9.90 Å². The largest absolute Gasteiger partial charge is 0.481 e. The number of carboxylic acid groups (broad SMARTS) is 1. The van der Waals surface area contributed by atoms with E-state index in [0.717, 1.165) is 45.1 Å². The second-order valence-electron chi connectivity index (χ2n) is 6.56. The maximum atomic E-state index is 11.4. The van der Waals surface area contributed by atoms with Gasteiger partial charge in [0.15, 0.2) is 0 Å². The maximum absolute atomic E-state index is 11.4. The summed E-state index contributed by atoms with van der Waals surface area (Å²) in [5.74, 6) is -0.587. The van der Waals surface area contributed by atoms with Crippen LogP contribution in [-0.4, -0.2) is 17.7 Å². The zero-order valence-corrected chi connectivity index (χ0v) is 11.8. The van der Waals surface area contributed by atoms with Crippen LogP contribution in [0.5, 0.6) is 0 Å². The van der Waals surface area contributed by atoms with Gasteiger partial charge in [-0.15, -0.1) is 0 Å². The second-order valence-corrected chi connectivity index (χ2v) is 6.56. The Bertz CT molecular complexity index is 456. The number of ether oxygens (including phenoxy) is 1. The molecule has 0 aromatic heterocycles. The first-order valence-electron chi connectivity index (χ1n) is 7.49. The van der Waals surface area contributed by atoms with Crippen LogP contribution in [0.2, 0.25) is 0 Å². The van der Waals surface area contributed by atoms with E-state index >= 15 is 0 Å². The van der Waals surface area contributed by atoms with Crippen molar-refractivity contribution in [3.63, 3.8) is 0 Å². The number of benzene rings is 1. The summed E-state index contributed by atoms with van der Waals surface area (Å²) in [4.78, 5) is 11.4. The number of fused-ring (bicyclic) bond motifs is 3. The predicted octanol–water partition coefficient (Wildman–Crippen LogP) is 3.63. The number of carboxylic acids is 1. The summed E-state index contributed by atoms with van der Waals surface area (Å²) in [6, 6.07) is 10.2. The molecule has 1 N–H and O–H groups in total. The Morgan fingerprint density at radius 3 is 2.20 bits per heavy atom. The van der Waals surface area contributed by atoms with Crippen LogP contribution in [0, 0.1) is 10.8 Å². The van der Waals surface area contributed by atoms with Crippen LogP contribution in [0.3, 0.4) is 0 Å². The van der Waals surface area contributed by atoms with Gasteiger partial charge in [-0.2, -0.15) is 0 Å². The summed E-state index contributed by atoms with van der Waals surface area (Å²) in [7, 11) is 0. The van der Waals surface area contributed by atoms with E-state index in [1.807, 2.05) is 18.2 Å². The molecular weight excluding hydrogens is 252 g/mol. The Morgan fingerprint density at radius 1 is 1.05 bits per heavy atom. The minimum absolute atomic E-state index is 0.242. The van der Waals surface area contributed by atoms with Gasteiger partial charge in [-0.1, -0.05) is 30.3 Å². The Morgan fingerprint density at radius 2 is 1.65 bits per heavy atom. The van der Waals surface area contributed by atoms with E-state index in [1.54, 1.807) is 0 Å². The third-order valence-electron chi connectivity index (χ3n) is 5.38. The fraction of sp³-hybridized carbons (Fsp3) is 0.588. The van der Waals surface area contributed by atoms with E-state index in [4.69, 9.17) is 4.74 Å². The van der Waals surface area contributed by atoms with Crippen molar-refractivity contribution < 1.29 is 14.6 Å². The molecule has 0 unspecified atom stereocenters. The van der Waals surface area contributed by atoms with Gasteiger partial charge in [0.1, 0.15) is 0 Å². The molecule has 3 saturated carbocycles. The van der Waals surface area contributed by atoms with Crippen LogP contribution in [0.15, 0.2) is 30.3 Å². The van der Waals surface area contributed by atoms with Gasteiger partial charge in [-0.3, -0.25) is 4.79 Å². The molecule has 20 heavy (non-hydrogen) atoms. The van der Waals surface area contributed by atoms with Crippen molar-refractivity contribution >= 4 is 5.97 Å². The Balaban J connectivity index is 1.54. The SMILES string of the molecule is O=C(O)C12CCC(COCc3ccccc3)(CC1)CC2. The number of aliphatic carboxylic acids is 1. The van der Waals surface area contributed by atoms with E-state index in [1.165, 1.54) is 5.56 Å². The quantitative estimate of drug-likeness (QED) is 0.892. The zero-order chi connectivity index (χ0) is 14.1. The first-order chi connectivity index (χ1) is 9.64. The average molecular weight is 274 g/mol. The van der Waals surface area contributed by atoms with Gasteiger partial charge in [0.05, 0.1) is 18.6 Å². The molecule has 3 fully saturated rings. The Kier molecular flexibility index (Phi) is 3.55. The molecule has 0 radical (unpaired) electrons. The highest BCUT2D eigenvalue weighted by Gasteiger charge is 2.52. The molecule has 1 aromatic rings. The van der Waals surface area contributed by atoms with E-state index in [-0.39, 0.29) is 5.41 Å². The fourth-order valence-corrected chi connectivity index (χ4v) is 3.76. The summed E-state index contributed by atoms with van der Waals surface area (Å²) < 4.78 is 5.92. The van der Waals surface area contributed by atoms with Crippen molar-refractivity contribution in [1.82, 2.24) is 0 Å². The molecule has 0 atom stereocenters. The first-order valence-corrected chi connectivity index (χ1v) is 7.49. The first kappa shape index (κ1) is 13.6. The van der Waals surface area contributed by atoms with Crippen LogP contribution in [0.25, 0.3) is 0 Å². The monoisotopic (exact) mass is 274 g/mol. The van der Waals surface area contributed by atoms with Crippen molar-refractivity contribution in [3.8, 4) is 0 Å². The number of hydrogen-bond donors (Lipinski definition) is 1.